The fraction of sp³-hybridized carbons (Fsp3) is 0.200. The van der Waals surface area contributed by atoms with E-state index in [0.29, 0.717) is 23.6 Å². The van der Waals surface area contributed by atoms with E-state index in [9.17, 15) is 4.39 Å². The number of fused-ring (bicyclic) bond motifs is 2. The third kappa shape index (κ3) is 4.61. The van der Waals surface area contributed by atoms with E-state index in [0.717, 1.165) is 64.2 Å². The smallest absolute Gasteiger partial charge is 0.127 e. The molecule has 194 valence electrons. The van der Waals surface area contributed by atoms with Crippen molar-refractivity contribution in [3.63, 3.8) is 0 Å². The van der Waals surface area contributed by atoms with Gasteiger partial charge in [0.1, 0.15) is 23.9 Å². The Morgan fingerprint density at radius 1 is 0.846 bits per heavy atom. The summed E-state index contributed by atoms with van der Waals surface area (Å²) in [7, 11) is 0. The van der Waals surface area contributed by atoms with E-state index < -0.39 is 0 Å². The molecule has 6 heterocycles. The van der Waals surface area contributed by atoms with Crippen molar-refractivity contribution in [3.8, 4) is 39.8 Å². The van der Waals surface area contributed by atoms with Gasteiger partial charge in [-0.2, -0.15) is 5.10 Å². The van der Waals surface area contributed by atoms with Crippen molar-refractivity contribution >= 4 is 21.8 Å². The van der Waals surface area contributed by atoms with Crippen LogP contribution in [0.5, 0.6) is 5.75 Å². The zero-order chi connectivity index (χ0) is 26.2. The lowest BCUT2D eigenvalue weighted by Gasteiger charge is -2.15. The molecule has 0 atom stereocenters. The monoisotopic (exact) mass is 519 g/mol. The highest BCUT2D eigenvalue weighted by Crippen LogP contribution is 2.35. The first kappa shape index (κ1) is 23.5. The number of likely N-dealkylation sites (tertiary alicyclic amines) is 1. The Morgan fingerprint density at radius 3 is 2.62 bits per heavy atom. The van der Waals surface area contributed by atoms with Gasteiger partial charge in [0.15, 0.2) is 0 Å². The number of aromatic nitrogens is 6. The molecule has 0 bridgehead atoms. The zero-order valence-corrected chi connectivity index (χ0v) is 21.2. The first-order valence-corrected chi connectivity index (χ1v) is 13.1. The minimum atomic E-state index is -0.355. The number of H-pyrrole nitrogens is 2. The fourth-order valence-electron chi connectivity index (χ4n) is 5.27. The Labute approximate surface area is 223 Å². The number of halogens is 1. The van der Waals surface area contributed by atoms with Gasteiger partial charge in [-0.3, -0.25) is 25.0 Å². The quantitative estimate of drug-likeness (QED) is 0.275. The van der Waals surface area contributed by atoms with Gasteiger partial charge >= 0.3 is 0 Å². The van der Waals surface area contributed by atoms with E-state index >= 15 is 0 Å². The largest absolute Gasteiger partial charge is 0.492 e. The molecule has 0 unspecified atom stereocenters. The summed E-state index contributed by atoms with van der Waals surface area (Å²) >= 11 is 0. The van der Waals surface area contributed by atoms with Crippen LogP contribution < -0.4 is 4.74 Å². The number of rotatable bonds is 7. The van der Waals surface area contributed by atoms with Gasteiger partial charge in [-0.25, -0.2) is 4.39 Å². The van der Waals surface area contributed by atoms with Gasteiger partial charge in [0, 0.05) is 46.9 Å². The van der Waals surface area contributed by atoms with Crippen molar-refractivity contribution in [1.82, 2.24) is 35.0 Å². The summed E-state index contributed by atoms with van der Waals surface area (Å²) in [4.78, 5) is 19.4. The average Bonchev–Trinajstić information content (AvgIpc) is 3.72. The highest BCUT2D eigenvalue weighted by molar-refractivity contribution is 6.00. The van der Waals surface area contributed by atoms with E-state index in [1.165, 1.54) is 25.0 Å². The van der Waals surface area contributed by atoms with E-state index in [4.69, 9.17) is 4.74 Å². The standard InChI is InChI=1S/C30H26FN7O/c31-20-13-19(14-21(15-20)39-12-11-38-9-3-4-10-38)29-22-17-27(35-24(22)6-8-33-29)30-23-16-26(25-5-1-2-7-32-25)34-18-28(23)36-37-30/h1-2,5-8,13-18,35H,3-4,9-12H2,(H,36,37). The van der Waals surface area contributed by atoms with Gasteiger partial charge in [0.05, 0.1) is 34.5 Å². The third-order valence-electron chi connectivity index (χ3n) is 7.20. The van der Waals surface area contributed by atoms with Crippen molar-refractivity contribution in [2.45, 2.75) is 12.8 Å². The van der Waals surface area contributed by atoms with Crippen LogP contribution in [0.2, 0.25) is 0 Å². The highest BCUT2D eigenvalue weighted by atomic mass is 19.1. The molecular formula is C30H26FN7O. The second-order valence-electron chi connectivity index (χ2n) is 9.78. The number of nitrogens with one attached hydrogen (secondary N) is 2. The Bertz CT molecular complexity index is 1770. The van der Waals surface area contributed by atoms with Crippen LogP contribution in [0.3, 0.4) is 0 Å². The Kier molecular flexibility index (Phi) is 5.97. The van der Waals surface area contributed by atoms with Crippen LogP contribution in [-0.4, -0.2) is 61.3 Å². The first-order valence-electron chi connectivity index (χ1n) is 13.1. The molecule has 5 aromatic heterocycles. The predicted molar refractivity (Wildman–Crippen MR) is 149 cm³/mol. The number of hydrogen-bond acceptors (Lipinski definition) is 6. The van der Waals surface area contributed by atoms with Crippen LogP contribution in [-0.2, 0) is 0 Å². The first-order chi connectivity index (χ1) is 19.2. The number of nitrogens with zero attached hydrogens (tertiary/aromatic N) is 5. The van der Waals surface area contributed by atoms with Crippen LogP contribution in [0.1, 0.15) is 12.8 Å². The van der Waals surface area contributed by atoms with Gasteiger partial charge in [-0.05, 0) is 68.4 Å². The van der Waals surface area contributed by atoms with E-state index in [2.05, 4.69) is 35.0 Å². The Balaban J connectivity index is 1.23. The molecular weight excluding hydrogens is 493 g/mol. The lowest BCUT2D eigenvalue weighted by molar-refractivity contribution is 0.237. The summed E-state index contributed by atoms with van der Waals surface area (Å²) in [6.07, 6.45) is 7.70. The number of hydrogen-bond donors (Lipinski definition) is 2. The maximum Gasteiger partial charge on any atom is 0.127 e. The molecule has 7 rings (SSSR count). The average molecular weight is 520 g/mol. The maximum atomic E-state index is 14.7. The molecule has 1 aliphatic rings. The molecule has 1 saturated heterocycles. The van der Waals surface area contributed by atoms with E-state index in [1.807, 2.05) is 42.5 Å². The van der Waals surface area contributed by atoms with Crippen molar-refractivity contribution < 1.29 is 9.13 Å². The van der Waals surface area contributed by atoms with Crippen LogP contribution >= 0.6 is 0 Å². The van der Waals surface area contributed by atoms with Crippen molar-refractivity contribution in [2.24, 2.45) is 0 Å². The molecule has 1 aromatic carbocycles. The molecule has 0 radical (unpaired) electrons. The lowest BCUT2D eigenvalue weighted by atomic mass is 10.1. The molecule has 2 N–H and O–H groups in total. The zero-order valence-electron chi connectivity index (χ0n) is 21.2. The summed E-state index contributed by atoms with van der Waals surface area (Å²) in [6, 6.07) is 16.4. The molecule has 0 aliphatic carbocycles. The summed E-state index contributed by atoms with van der Waals surface area (Å²) in [6.45, 7) is 3.57. The third-order valence-corrected chi connectivity index (χ3v) is 7.20. The Hall–Kier alpha value is -4.63. The summed E-state index contributed by atoms with van der Waals surface area (Å²) in [5.74, 6) is 0.151. The summed E-state index contributed by atoms with van der Waals surface area (Å²) in [5.41, 5.74) is 6.18. The lowest BCUT2D eigenvalue weighted by Crippen LogP contribution is -2.25. The number of pyridine rings is 3. The molecule has 6 aromatic rings. The molecule has 1 fully saturated rings. The van der Waals surface area contributed by atoms with Crippen LogP contribution in [0.25, 0.3) is 55.8 Å². The van der Waals surface area contributed by atoms with Gasteiger partial charge in [0.25, 0.3) is 0 Å². The Morgan fingerprint density at radius 2 is 1.74 bits per heavy atom. The number of aromatic amines is 2. The van der Waals surface area contributed by atoms with Gasteiger partial charge in [-0.1, -0.05) is 6.07 Å². The minimum absolute atomic E-state index is 0.355. The molecule has 0 saturated carbocycles. The second-order valence-corrected chi connectivity index (χ2v) is 9.78. The maximum absolute atomic E-state index is 14.7. The number of benzene rings is 1. The van der Waals surface area contributed by atoms with Gasteiger partial charge in [-0.15, -0.1) is 0 Å². The normalized spacial score (nSPS) is 14.0. The van der Waals surface area contributed by atoms with E-state index in [-0.39, 0.29) is 5.82 Å². The van der Waals surface area contributed by atoms with Crippen LogP contribution in [0, 0.1) is 5.82 Å². The number of ether oxygens (including phenoxy) is 1. The van der Waals surface area contributed by atoms with Crippen molar-refractivity contribution in [2.75, 3.05) is 26.2 Å². The SMILES string of the molecule is Fc1cc(OCCN2CCCC2)cc(-c2nccc3[nH]c(-c4n[nH]c5cnc(-c6ccccn6)cc45)cc23)c1. The van der Waals surface area contributed by atoms with Crippen LogP contribution in [0.4, 0.5) is 4.39 Å². The minimum Gasteiger partial charge on any atom is -0.492 e. The molecule has 9 heteroatoms. The van der Waals surface area contributed by atoms with Crippen LogP contribution in [0.15, 0.2) is 73.2 Å². The van der Waals surface area contributed by atoms with Crippen molar-refractivity contribution in [1.29, 1.82) is 0 Å². The van der Waals surface area contributed by atoms with Crippen molar-refractivity contribution in [3.05, 3.63) is 79.0 Å². The highest BCUT2D eigenvalue weighted by Gasteiger charge is 2.17. The molecule has 8 nitrogen and oxygen atoms in total. The van der Waals surface area contributed by atoms with Gasteiger partial charge < -0.3 is 9.72 Å². The molecule has 1 aliphatic heterocycles. The fourth-order valence-corrected chi connectivity index (χ4v) is 5.27. The second kappa shape index (κ2) is 9.92. The van der Waals surface area contributed by atoms with Gasteiger partial charge in [0.2, 0.25) is 0 Å². The summed E-state index contributed by atoms with van der Waals surface area (Å²) < 4.78 is 20.6. The van der Waals surface area contributed by atoms with E-state index in [1.54, 1.807) is 18.6 Å². The molecule has 0 amide bonds. The molecule has 0 spiro atoms. The summed E-state index contributed by atoms with van der Waals surface area (Å²) in [5, 5.41) is 9.44. The topological polar surface area (TPSA) is 95.6 Å². The predicted octanol–water partition coefficient (Wildman–Crippen LogP) is 5.84. The molecule has 39 heavy (non-hydrogen) atoms.